The van der Waals surface area contributed by atoms with Gasteiger partial charge in [-0.3, -0.25) is 0 Å². The van der Waals surface area contributed by atoms with Gasteiger partial charge in [0.25, 0.3) is 0 Å². The molecule has 1 aliphatic heterocycles. The lowest BCUT2D eigenvalue weighted by molar-refractivity contribution is -0.145. The van der Waals surface area contributed by atoms with Crippen LogP contribution in [-0.2, 0) is 12.4 Å². The van der Waals surface area contributed by atoms with Gasteiger partial charge in [-0.1, -0.05) is 12.1 Å². The third-order valence-electron chi connectivity index (χ3n) is 6.10. The zero-order chi connectivity index (χ0) is 22.8. The van der Waals surface area contributed by atoms with Crippen LogP contribution in [0.3, 0.4) is 0 Å². The Morgan fingerprint density at radius 2 is 1.78 bits per heavy atom. The SMILES string of the molecule is N#Cc1c(C(F)(F)F)cc(C(F)(F)F)nc1N1[C@@H]2CC[C@@H](C2)[C@H]1c1nc2ccccc2s1. The zero-order valence-corrected chi connectivity index (χ0v) is 17.0. The number of pyridine rings is 1. The Morgan fingerprint density at radius 1 is 1.03 bits per heavy atom. The molecule has 1 aromatic carbocycles. The molecule has 11 heteroatoms. The van der Waals surface area contributed by atoms with E-state index in [1.807, 2.05) is 18.2 Å². The van der Waals surface area contributed by atoms with E-state index in [9.17, 15) is 31.6 Å². The van der Waals surface area contributed by atoms with Gasteiger partial charge in [0.05, 0.1) is 21.8 Å². The molecule has 3 atom stereocenters. The molecule has 3 aromatic rings. The van der Waals surface area contributed by atoms with Crippen LogP contribution in [0, 0.1) is 17.2 Å². The van der Waals surface area contributed by atoms with Gasteiger partial charge in [-0.05, 0) is 43.4 Å². The molecular weight excluding hydrogens is 454 g/mol. The number of anilines is 1. The molecule has 4 nitrogen and oxygen atoms in total. The lowest BCUT2D eigenvalue weighted by Gasteiger charge is -2.36. The number of piperidine rings is 1. The summed E-state index contributed by atoms with van der Waals surface area (Å²) < 4.78 is 82.2. The number of rotatable bonds is 2. The molecule has 166 valence electrons. The Morgan fingerprint density at radius 3 is 2.44 bits per heavy atom. The fourth-order valence-corrected chi connectivity index (χ4v) is 5.99. The van der Waals surface area contributed by atoms with Crippen LogP contribution in [0.4, 0.5) is 32.2 Å². The average molecular weight is 468 g/mol. The first-order valence-corrected chi connectivity index (χ1v) is 10.6. The van der Waals surface area contributed by atoms with Gasteiger partial charge in [-0.2, -0.15) is 31.6 Å². The minimum absolute atomic E-state index is 0.0118. The summed E-state index contributed by atoms with van der Waals surface area (Å²) in [6.07, 6.45) is -8.23. The lowest BCUT2D eigenvalue weighted by atomic mass is 9.98. The number of hydrogen-bond acceptors (Lipinski definition) is 5. The molecule has 2 bridgehead atoms. The van der Waals surface area contributed by atoms with Crippen molar-refractivity contribution in [1.82, 2.24) is 9.97 Å². The summed E-state index contributed by atoms with van der Waals surface area (Å²) in [6, 6.07) is 7.86. The number of benzene rings is 1. The standard InChI is InChI=1S/C21H14F6N4S/c22-20(23,24)13-8-16(21(25,26)27)30-18(12(13)9-28)31-11-6-5-10(7-11)17(31)19-29-14-3-1-2-4-15(14)32-19/h1-4,8,10-11,17H,5-7H2/t10-,11+,17-/m0/s1. The Kier molecular flexibility index (Phi) is 4.64. The highest BCUT2D eigenvalue weighted by molar-refractivity contribution is 7.18. The molecule has 1 aliphatic carbocycles. The molecule has 0 amide bonds. The van der Waals surface area contributed by atoms with Crippen LogP contribution in [0.2, 0.25) is 0 Å². The van der Waals surface area contributed by atoms with Gasteiger partial charge in [-0.25, -0.2) is 9.97 Å². The predicted molar refractivity (Wildman–Crippen MR) is 105 cm³/mol. The predicted octanol–water partition coefficient (Wildman–Crippen LogP) is 6.33. The normalized spacial score (nSPS) is 23.2. The zero-order valence-electron chi connectivity index (χ0n) is 16.2. The summed E-state index contributed by atoms with van der Waals surface area (Å²) in [5, 5.41) is 10.2. The second kappa shape index (κ2) is 7.07. The highest BCUT2D eigenvalue weighted by atomic mass is 32.1. The molecule has 1 saturated carbocycles. The molecule has 2 aromatic heterocycles. The van der Waals surface area contributed by atoms with Crippen LogP contribution >= 0.6 is 11.3 Å². The molecule has 3 heterocycles. The average Bonchev–Trinajstić information content (AvgIpc) is 3.44. The maximum absolute atomic E-state index is 13.6. The summed E-state index contributed by atoms with van der Waals surface area (Å²) in [5.74, 6) is -0.552. The van der Waals surface area contributed by atoms with E-state index in [0.717, 1.165) is 11.1 Å². The Balaban J connectivity index is 1.72. The van der Waals surface area contributed by atoms with Gasteiger partial charge in [0, 0.05) is 6.04 Å². The summed E-state index contributed by atoms with van der Waals surface area (Å²) in [6.45, 7) is 0. The number of para-hydroxylation sites is 1. The topological polar surface area (TPSA) is 52.8 Å². The van der Waals surface area contributed by atoms with Crippen molar-refractivity contribution >= 4 is 27.4 Å². The third-order valence-corrected chi connectivity index (χ3v) is 7.21. The van der Waals surface area contributed by atoms with E-state index >= 15 is 0 Å². The van der Waals surface area contributed by atoms with Crippen LogP contribution in [-0.4, -0.2) is 16.0 Å². The first-order chi connectivity index (χ1) is 15.1. The number of fused-ring (bicyclic) bond motifs is 3. The van der Waals surface area contributed by atoms with Crippen molar-refractivity contribution in [3.8, 4) is 6.07 Å². The van der Waals surface area contributed by atoms with Crippen molar-refractivity contribution in [2.24, 2.45) is 5.92 Å². The lowest BCUT2D eigenvalue weighted by Crippen LogP contribution is -2.37. The van der Waals surface area contributed by atoms with E-state index in [0.29, 0.717) is 23.4 Å². The van der Waals surface area contributed by atoms with E-state index in [-0.39, 0.29) is 18.0 Å². The third kappa shape index (κ3) is 3.28. The number of nitrogens with zero attached hydrogens (tertiary/aromatic N) is 4. The number of nitriles is 1. The molecule has 0 N–H and O–H groups in total. The van der Waals surface area contributed by atoms with Crippen LogP contribution in [0.25, 0.3) is 10.2 Å². The second-order valence-electron chi connectivity index (χ2n) is 7.96. The highest BCUT2D eigenvalue weighted by Crippen LogP contribution is 2.54. The van der Waals surface area contributed by atoms with E-state index in [1.165, 1.54) is 22.3 Å². The maximum atomic E-state index is 13.6. The largest absolute Gasteiger partial charge is 0.433 e. The van der Waals surface area contributed by atoms with Gasteiger partial charge < -0.3 is 4.90 Å². The van der Waals surface area contributed by atoms with Crippen molar-refractivity contribution < 1.29 is 26.3 Å². The molecule has 0 spiro atoms. The maximum Gasteiger partial charge on any atom is 0.433 e. The van der Waals surface area contributed by atoms with E-state index < -0.39 is 41.0 Å². The second-order valence-corrected chi connectivity index (χ2v) is 9.02. The van der Waals surface area contributed by atoms with E-state index in [2.05, 4.69) is 9.97 Å². The van der Waals surface area contributed by atoms with Crippen molar-refractivity contribution in [2.45, 2.75) is 43.7 Å². The highest BCUT2D eigenvalue weighted by Gasteiger charge is 2.51. The molecule has 5 rings (SSSR count). The fraction of sp³-hybridized carbons (Fsp3) is 0.381. The number of halogens is 6. The van der Waals surface area contributed by atoms with Crippen LogP contribution < -0.4 is 4.90 Å². The summed E-state index contributed by atoms with van der Waals surface area (Å²) in [5.41, 5.74) is -3.46. The molecule has 0 unspecified atom stereocenters. The van der Waals surface area contributed by atoms with Gasteiger partial charge in [0.2, 0.25) is 0 Å². The molecular formula is C21H14F6N4S. The van der Waals surface area contributed by atoms with Gasteiger partial charge in [0.15, 0.2) is 0 Å². The molecule has 1 saturated heterocycles. The molecule has 0 radical (unpaired) electrons. The number of thiazole rings is 1. The molecule has 2 fully saturated rings. The van der Waals surface area contributed by atoms with E-state index in [1.54, 1.807) is 6.07 Å². The Labute approximate surface area is 182 Å². The minimum Gasteiger partial charge on any atom is -0.343 e. The number of hydrogen-bond donors (Lipinski definition) is 0. The monoisotopic (exact) mass is 468 g/mol. The van der Waals surface area contributed by atoms with Gasteiger partial charge in [-0.15, -0.1) is 11.3 Å². The summed E-state index contributed by atoms with van der Waals surface area (Å²) >= 11 is 1.36. The van der Waals surface area contributed by atoms with Gasteiger partial charge in [0.1, 0.15) is 28.2 Å². The fourth-order valence-electron chi connectivity index (χ4n) is 4.82. The molecule has 32 heavy (non-hydrogen) atoms. The summed E-state index contributed by atoms with van der Waals surface area (Å²) in [4.78, 5) is 9.66. The first kappa shape index (κ1) is 21.0. The first-order valence-electron chi connectivity index (χ1n) is 9.81. The van der Waals surface area contributed by atoms with Crippen molar-refractivity contribution in [3.63, 3.8) is 0 Å². The van der Waals surface area contributed by atoms with Crippen molar-refractivity contribution in [3.05, 3.63) is 52.2 Å². The number of alkyl halides is 6. The van der Waals surface area contributed by atoms with Crippen LogP contribution in [0.1, 0.15) is 47.1 Å². The van der Waals surface area contributed by atoms with Crippen LogP contribution in [0.15, 0.2) is 30.3 Å². The van der Waals surface area contributed by atoms with Crippen molar-refractivity contribution in [1.29, 1.82) is 5.26 Å². The Hall–Kier alpha value is -2.87. The van der Waals surface area contributed by atoms with Gasteiger partial charge >= 0.3 is 12.4 Å². The van der Waals surface area contributed by atoms with Crippen molar-refractivity contribution in [2.75, 3.05) is 4.90 Å². The smallest absolute Gasteiger partial charge is 0.343 e. The minimum atomic E-state index is -5.13. The Bertz CT molecular complexity index is 1210. The van der Waals surface area contributed by atoms with E-state index in [4.69, 9.17) is 0 Å². The quantitative estimate of drug-likeness (QED) is 0.413. The summed E-state index contributed by atoms with van der Waals surface area (Å²) in [7, 11) is 0. The molecule has 2 aliphatic rings. The number of aromatic nitrogens is 2. The van der Waals surface area contributed by atoms with Crippen LogP contribution in [0.5, 0.6) is 0 Å².